The maximum Gasteiger partial charge on any atom is 0.228 e. The fraction of sp³-hybridized carbons (Fsp3) is 0.250. The van der Waals surface area contributed by atoms with Crippen LogP contribution in [-0.4, -0.2) is 34.4 Å². The first kappa shape index (κ1) is 17.8. The van der Waals surface area contributed by atoms with Gasteiger partial charge >= 0.3 is 0 Å². The number of hydrogen-bond acceptors (Lipinski definition) is 4. The van der Waals surface area contributed by atoms with E-state index < -0.39 is 0 Å². The van der Waals surface area contributed by atoms with Gasteiger partial charge in [0, 0.05) is 31.5 Å². The summed E-state index contributed by atoms with van der Waals surface area (Å²) in [5, 5.41) is 0. The molecule has 5 nitrogen and oxygen atoms in total. The predicted molar refractivity (Wildman–Crippen MR) is 95.9 cm³/mol. The van der Waals surface area contributed by atoms with E-state index in [0.717, 1.165) is 12.0 Å². The van der Waals surface area contributed by atoms with E-state index in [0.29, 0.717) is 29.5 Å². The lowest BCUT2D eigenvalue weighted by Gasteiger charge is -2.16. The van der Waals surface area contributed by atoms with Crippen LogP contribution in [0.5, 0.6) is 0 Å². The quantitative estimate of drug-likeness (QED) is 0.681. The van der Waals surface area contributed by atoms with Crippen LogP contribution < -0.4 is 0 Å². The summed E-state index contributed by atoms with van der Waals surface area (Å²) in [6.07, 6.45) is 4.42. The Morgan fingerprint density at radius 2 is 1.85 bits per heavy atom. The summed E-state index contributed by atoms with van der Waals surface area (Å²) in [6, 6.07) is 9.80. The molecule has 0 saturated heterocycles. The van der Waals surface area contributed by atoms with E-state index in [2.05, 4.69) is 9.97 Å². The molecule has 1 amide bonds. The van der Waals surface area contributed by atoms with Gasteiger partial charge in [0.05, 0.1) is 12.1 Å². The van der Waals surface area contributed by atoms with Gasteiger partial charge in [-0.15, -0.1) is 0 Å². The van der Waals surface area contributed by atoms with Gasteiger partial charge in [-0.1, -0.05) is 0 Å². The normalized spacial score (nSPS) is 10.7. The number of carbonyl (C=O) groups is 1. The number of carbonyl (C=O) groups excluding carboxylic acids is 1. The van der Waals surface area contributed by atoms with Crippen LogP contribution in [0, 0.1) is 12.7 Å². The third kappa shape index (κ3) is 4.33. The molecule has 134 valence electrons. The lowest BCUT2D eigenvalue weighted by atomic mass is 10.2. The van der Waals surface area contributed by atoms with Gasteiger partial charge in [0.2, 0.25) is 11.8 Å². The Morgan fingerprint density at radius 1 is 1.15 bits per heavy atom. The summed E-state index contributed by atoms with van der Waals surface area (Å²) in [5.41, 5.74) is 2.42. The molecule has 2 heterocycles. The molecule has 6 heteroatoms. The van der Waals surface area contributed by atoms with Crippen LogP contribution in [0.4, 0.5) is 4.39 Å². The van der Waals surface area contributed by atoms with E-state index >= 15 is 0 Å². The number of halogens is 1. The van der Waals surface area contributed by atoms with Crippen molar-refractivity contribution in [2.45, 2.75) is 19.8 Å². The molecule has 1 aromatic carbocycles. The van der Waals surface area contributed by atoms with Crippen molar-refractivity contribution in [3.05, 3.63) is 71.6 Å². The van der Waals surface area contributed by atoms with Crippen molar-refractivity contribution in [1.82, 2.24) is 14.9 Å². The van der Waals surface area contributed by atoms with Gasteiger partial charge in [0.1, 0.15) is 11.6 Å². The molecule has 3 rings (SSSR count). The number of amides is 1. The summed E-state index contributed by atoms with van der Waals surface area (Å²) in [4.78, 5) is 22.5. The van der Waals surface area contributed by atoms with Crippen LogP contribution in [0.2, 0.25) is 0 Å². The molecule has 0 atom stereocenters. The van der Waals surface area contributed by atoms with Crippen molar-refractivity contribution in [2.75, 3.05) is 13.6 Å². The van der Waals surface area contributed by atoms with Crippen LogP contribution in [0.25, 0.3) is 11.5 Å². The molecule has 0 bridgehead atoms. The topological polar surface area (TPSA) is 59.2 Å². The van der Waals surface area contributed by atoms with E-state index in [-0.39, 0.29) is 18.1 Å². The zero-order chi connectivity index (χ0) is 18.5. The molecular weight excluding hydrogens is 333 g/mol. The number of rotatable bonds is 6. The molecule has 0 saturated carbocycles. The Kier molecular flexibility index (Phi) is 5.41. The fourth-order valence-corrected chi connectivity index (χ4v) is 2.56. The van der Waals surface area contributed by atoms with Crippen molar-refractivity contribution in [3.63, 3.8) is 0 Å². The number of pyridine rings is 1. The van der Waals surface area contributed by atoms with E-state index in [9.17, 15) is 9.18 Å². The van der Waals surface area contributed by atoms with Crippen molar-refractivity contribution in [1.29, 1.82) is 0 Å². The molecule has 0 fully saturated rings. The van der Waals surface area contributed by atoms with Crippen molar-refractivity contribution < 1.29 is 13.6 Å². The highest BCUT2D eigenvalue weighted by molar-refractivity contribution is 5.78. The van der Waals surface area contributed by atoms with Crippen molar-refractivity contribution in [2.24, 2.45) is 0 Å². The van der Waals surface area contributed by atoms with Crippen molar-refractivity contribution >= 4 is 5.91 Å². The average molecular weight is 353 g/mol. The summed E-state index contributed by atoms with van der Waals surface area (Å²) in [7, 11) is 1.78. The molecule has 2 aromatic heterocycles. The highest BCUT2D eigenvalue weighted by Crippen LogP contribution is 2.22. The zero-order valence-electron chi connectivity index (χ0n) is 14.8. The molecule has 0 radical (unpaired) electrons. The maximum atomic E-state index is 13.0. The van der Waals surface area contributed by atoms with Crippen molar-refractivity contribution in [3.8, 4) is 11.5 Å². The second kappa shape index (κ2) is 7.91. The number of aromatic nitrogens is 2. The lowest BCUT2D eigenvalue weighted by molar-refractivity contribution is -0.129. The third-order valence-corrected chi connectivity index (χ3v) is 4.21. The van der Waals surface area contributed by atoms with Gasteiger partial charge < -0.3 is 9.32 Å². The van der Waals surface area contributed by atoms with Crippen LogP contribution >= 0.6 is 0 Å². The first-order valence-electron chi connectivity index (χ1n) is 8.38. The first-order chi connectivity index (χ1) is 12.5. The molecule has 26 heavy (non-hydrogen) atoms. The van der Waals surface area contributed by atoms with Crippen LogP contribution in [0.3, 0.4) is 0 Å². The molecule has 0 aliphatic carbocycles. The number of hydrogen-bond donors (Lipinski definition) is 0. The average Bonchev–Trinajstić information content (AvgIpc) is 3.01. The lowest BCUT2D eigenvalue weighted by Crippen LogP contribution is -2.30. The molecular formula is C20H20FN3O2. The minimum absolute atomic E-state index is 0.0267. The smallest absolute Gasteiger partial charge is 0.228 e. The zero-order valence-corrected chi connectivity index (χ0v) is 14.8. The van der Waals surface area contributed by atoms with E-state index in [4.69, 9.17) is 4.42 Å². The van der Waals surface area contributed by atoms with Gasteiger partial charge in [0.15, 0.2) is 0 Å². The summed E-state index contributed by atoms with van der Waals surface area (Å²) >= 11 is 0. The maximum absolute atomic E-state index is 13.0. The highest BCUT2D eigenvalue weighted by atomic mass is 19.1. The molecule has 0 aliphatic heterocycles. The van der Waals surface area contributed by atoms with Gasteiger partial charge in [-0.2, -0.15) is 0 Å². The van der Waals surface area contributed by atoms with Gasteiger partial charge in [0.25, 0.3) is 0 Å². The van der Waals surface area contributed by atoms with Crippen LogP contribution in [-0.2, 0) is 17.6 Å². The molecule has 0 spiro atoms. The standard InChI is InChI=1S/C20H20FN3O2/c1-14-18(23-20(26-14)16-3-5-17(21)6-4-16)13-19(25)24(2)12-9-15-7-10-22-11-8-15/h3-8,10-11H,9,12-13H2,1-2H3. The Balaban J connectivity index is 1.62. The Labute approximate surface area is 151 Å². The second-order valence-corrected chi connectivity index (χ2v) is 6.13. The molecule has 0 unspecified atom stereocenters. The summed E-state index contributed by atoms with van der Waals surface area (Å²) in [6.45, 7) is 2.39. The number of oxazole rings is 1. The van der Waals surface area contributed by atoms with Crippen LogP contribution in [0.1, 0.15) is 17.0 Å². The van der Waals surface area contributed by atoms with Crippen LogP contribution in [0.15, 0.2) is 53.2 Å². The Bertz CT molecular complexity index is 876. The minimum Gasteiger partial charge on any atom is -0.441 e. The predicted octanol–water partition coefficient (Wildman–Crippen LogP) is 3.43. The molecule has 0 N–H and O–H groups in total. The largest absolute Gasteiger partial charge is 0.441 e. The van der Waals surface area contributed by atoms with Gasteiger partial charge in [-0.3, -0.25) is 9.78 Å². The third-order valence-electron chi connectivity index (χ3n) is 4.21. The Morgan fingerprint density at radius 3 is 2.54 bits per heavy atom. The number of nitrogens with zero attached hydrogens (tertiary/aromatic N) is 3. The first-order valence-corrected chi connectivity index (χ1v) is 8.38. The second-order valence-electron chi connectivity index (χ2n) is 6.13. The summed E-state index contributed by atoms with van der Waals surface area (Å²) < 4.78 is 18.7. The van der Waals surface area contributed by atoms with Gasteiger partial charge in [-0.25, -0.2) is 9.37 Å². The van der Waals surface area contributed by atoms with E-state index in [1.165, 1.54) is 12.1 Å². The number of benzene rings is 1. The van der Waals surface area contributed by atoms with Gasteiger partial charge in [-0.05, 0) is 55.3 Å². The Hall–Kier alpha value is -3.02. The SMILES string of the molecule is Cc1oc(-c2ccc(F)cc2)nc1CC(=O)N(C)CCc1ccncc1. The molecule has 0 aliphatic rings. The summed E-state index contributed by atoms with van der Waals surface area (Å²) in [5.74, 6) is 0.648. The number of likely N-dealkylation sites (N-methyl/N-ethyl adjacent to an activating group) is 1. The minimum atomic E-state index is -0.316. The van der Waals surface area contributed by atoms with E-state index in [1.54, 1.807) is 43.4 Å². The monoisotopic (exact) mass is 353 g/mol. The molecule has 3 aromatic rings. The fourth-order valence-electron chi connectivity index (χ4n) is 2.56. The van der Waals surface area contributed by atoms with E-state index in [1.807, 2.05) is 12.1 Å². The number of aryl methyl sites for hydroxylation is 1. The highest BCUT2D eigenvalue weighted by Gasteiger charge is 2.17.